The summed E-state index contributed by atoms with van der Waals surface area (Å²) in [5, 5.41) is 3.19. The number of hydrogen-bond acceptors (Lipinski definition) is 3. The molecule has 202 valence electrons. The maximum Gasteiger partial charge on any atom is 0.0715 e. The monoisotopic (exact) mass is 533 g/mol. The number of nitrogens with zero attached hydrogens (tertiary/aromatic N) is 1. The zero-order valence-electron chi connectivity index (χ0n) is 23.8. The predicted molar refractivity (Wildman–Crippen MR) is 177 cm³/mol. The van der Waals surface area contributed by atoms with Gasteiger partial charge in [0, 0.05) is 29.5 Å². The second kappa shape index (κ2) is 12.8. The van der Waals surface area contributed by atoms with E-state index in [0.717, 1.165) is 61.7 Å². The molecular weight excluding hydrogens is 498 g/mol. The Morgan fingerprint density at radius 3 is 1.39 bits per heavy atom. The molecule has 0 spiro atoms. The van der Waals surface area contributed by atoms with Gasteiger partial charge in [-0.25, -0.2) is 4.98 Å². The highest BCUT2D eigenvalue weighted by atomic mass is 14.8. The zero-order chi connectivity index (χ0) is 28.6. The van der Waals surface area contributed by atoms with Gasteiger partial charge in [-0.1, -0.05) is 105 Å². The molecule has 1 heterocycles. The van der Waals surface area contributed by atoms with Crippen LogP contribution in [0.5, 0.6) is 0 Å². The number of aromatic nitrogens is 1. The Bertz CT molecular complexity index is 1720. The summed E-state index contributed by atoms with van der Waals surface area (Å²) >= 11 is 0. The third kappa shape index (κ3) is 6.37. The largest absolute Gasteiger partial charge is 0.399 e. The van der Waals surface area contributed by atoms with Gasteiger partial charge in [0.15, 0.2) is 0 Å². The maximum atomic E-state index is 5.92. The predicted octanol–water partition coefficient (Wildman–Crippen LogP) is 10.1. The quantitative estimate of drug-likeness (QED) is 0.209. The Morgan fingerprint density at radius 2 is 0.878 bits per heavy atom. The number of nitrogen functional groups attached to an aromatic ring is 1. The van der Waals surface area contributed by atoms with E-state index in [1.165, 1.54) is 5.56 Å². The van der Waals surface area contributed by atoms with E-state index in [2.05, 4.69) is 127 Å². The summed E-state index contributed by atoms with van der Waals surface area (Å²) in [5.74, 6) is 0. The number of benzene rings is 5. The standard InChI is InChI=1S/C36H29N3.C2H6/c1-38-34-19-15-27(16-20-34)29-10-6-12-31(22-29)36-24-32(25-7-3-2-4-8-25)23-35(39-36)30-11-5-9-28(21-30)26-13-17-33(37)18-14-26;1-2/h2-24,38H,37H2,1H3;1-2H3. The lowest BCUT2D eigenvalue weighted by Crippen LogP contribution is -1.92. The third-order valence-corrected chi connectivity index (χ3v) is 7.00. The van der Waals surface area contributed by atoms with Crippen LogP contribution in [0.3, 0.4) is 0 Å². The van der Waals surface area contributed by atoms with Gasteiger partial charge in [-0.3, -0.25) is 0 Å². The Morgan fingerprint density at radius 1 is 0.439 bits per heavy atom. The number of nitrogens with two attached hydrogens (primary N) is 1. The highest BCUT2D eigenvalue weighted by molar-refractivity contribution is 5.80. The van der Waals surface area contributed by atoms with Gasteiger partial charge in [0.1, 0.15) is 0 Å². The molecule has 3 N–H and O–H groups in total. The van der Waals surface area contributed by atoms with Crippen LogP contribution in [0, 0.1) is 0 Å². The minimum Gasteiger partial charge on any atom is -0.399 e. The van der Waals surface area contributed by atoms with E-state index < -0.39 is 0 Å². The van der Waals surface area contributed by atoms with Crippen molar-refractivity contribution < 1.29 is 0 Å². The van der Waals surface area contributed by atoms with E-state index in [0.29, 0.717) is 0 Å². The Balaban J connectivity index is 0.00000165. The molecule has 1 aromatic heterocycles. The molecule has 3 nitrogen and oxygen atoms in total. The van der Waals surface area contributed by atoms with Crippen molar-refractivity contribution in [3.63, 3.8) is 0 Å². The van der Waals surface area contributed by atoms with Crippen LogP contribution < -0.4 is 11.1 Å². The van der Waals surface area contributed by atoms with Gasteiger partial charge >= 0.3 is 0 Å². The van der Waals surface area contributed by atoms with Crippen LogP contribution in [-0.4, -0.2) is 12.0 Å². The van der Waals surface area contributed by atoms with Crippen LogP contribution in [-0.2, 0) is 0 Å². The molecule has 41 heavy (non-hydrogen) atoms. The van der Waals surface area contributed by atoms with Crippen molar-refractivity contribution in [2.45, 2.75) is 13.8 Å². The number of hydrogen-bond donors (Lipinski definition) is 2. The van der Waals surface area contributed by atoms with Gasteiger partial charge < -0.3 is 11.1 Å². The minimum atomic E-state index is 0.761. The van der Waals surface area contributed by atoms with Gasteiger partial charge in [0.2, 0.25) is 0 Å². The summed E-state index contributed by atoms with van der Waals surface area (Å²) in [6, 6.07) is 48.5. The van der Waals surface area contributed by atoms with E-state index in [-0.39, 0.29) is 0 Å². The topological polar surface area (TPSA) is 50.9 Å². The van der Waals surface area contributed by atoms with E-state index in [1.807, 2.05) is 39.1 Å². The SMILES string of the molecule is CC.CNc1ccc(-c2cccc(-c3cc(-c4ccccc4)cc(-c4cccc(-c5ccc(N)cc5)c4)n3)c2)cc1. The van der Waals surface area contributed by atoms with E-state index >= 15 is 0 Å². The summed E-state index contributed by atoms with van der Waals surface area (Å²) < 4.78 is 0. The van der Waals surface area contributed by atoms with E-state index in [9.17, 15) is 0 Å². The molecule has 0 saturated heterocycles. The van der Waals surface area contributed by atoms with Gasteiger partial charge in [0.05, 0.1) is 11.4 Å². The van der Waals surface area contributed by atoms with Crippen LogP contribution >= 0.6 is 0 Å². The molecule has 0 atom stereocenters. The highest BCUT2D eigenvalue weighted by Crippen LogP contribution is 2.33. The summed E-state index contributed by atoms with van der Waals surface area (Å²) in [6.07, 6.45) is 0. The Hall–Kier alpha value is -5.15. The first-order chi connectivity index (χ1) is 20.2. The molecule has 6 aromatic rings. The fourth-order valence-electron chi connectivity index (χ4n) is 4.84. The van der Waals surface area contributed by atoms with Crippen molar-refractivity contribution in [3.05, 3.63) is 140 Å². The van der Waals surface area contributed by atoms with Crippen molar-refractivity contribution in [2.75, 3.05) is 18.1 Å². The number of anilines is 2. The third-order valence-electron chi connectivity index (χ3n) is 7.00. The number of nitrogens with one attached hydrogen (secondary N) is 1. The average Bonchev–Trinajstić information content (AvgIpc) is 3.06. The van der Waals surface area contributed by atoms with Crippen LogP contribution in [0.25, 0.3) is 55.9 Å². The molecule has 0 aliphatic carbocycles. The Kier molecular flexibility index (Phi) is 8.56. The highest BCUT2D eigenvalue weighted by Gasteiger charge is 2.11. The molecule has 6 rings (SSSR count). The molecule has 0 bridgehead atoms. The molecule has 0 amide bonds. The van der Waals surface area contributed by atoms with Gasteiger partial charge in [-0.15, -0.1) is 0 Å². The zero-order valence-corrected chi connectivity index (χ0v) is 23.8. The second-order valence-electron chi connectivity index (χ2n) is 9.60. The molecule has 0 radical (unpaired) electrons. The van der Waals surface area contributed by atoms with Crippen molar-refractivity contribution in [1.82, 2.24) is 4.98 Å². The van der Waals surface area contributed by atoms with Crippen LogP contribution in [0.1, 0.15) is 13.8 Å². The molecule has 0 fully saturated rings. The fraction of sp³-hybridized carbons (Fsp3) is 0.0789. The Labute approximate surface area is 243 Å². The molecule has 0 saturated carbocycles. The molecular formula is C38H35N3. The van der Waals surface area contributed by atoms with Gasteiger partial charge in [-0.05, 0) is 81.9 Å². The van der Waals surface area contributed by atoms with Crippen LogP contribution in [0.15, 0.2) is 140 Å². The second-order valence-corrected chi connectivity index (χ2v) is 9.60. The first-order valence-electron chi connectivity index (χ1n) is 14.1. The van der Waals surface area contributed by atoms with Gasteiger partial charge in [0.25, 0.3) is 0 Å². The lowest BCUT2D eigenvalue weighted by Gasteiger charge is -2.12. The number of rotatable bonds is 6. The molecule has 0 aliphatic heterocycles. The van der Waals surface area contributed by atoms with E-state index in [4.69, 9.17) is 10.7 Å². The normalized spacial score (nSPS) is 10.4. The first kappa shape index (κ1) is 27.4. The maximum absolute atomic E-state index is 5.92. The summed E-state index contributed by atoms with van der Waals surface area (Å²) in [4.78, 5) is 5.18. The molecule has 3 heteroatoms. The summed E-state index contributed by atoms with van der Waals surface area (Å²) in [5.41, 5.74) is 18.7. The molecule has 0 aliphatic rings. The molecule has 5 aromatic carbocycles. The van der Waals surface area contributed by atoms with Crippen molar-refractivity contribution in [1.29, 1.82) is 0 Å². The van der Waals surface area contributed by atoms with Crippen LogP contribution in [0.4, 0.5) is 11.4 Å². The van der Waals surface area contributed by atoms with Crippen molar-refractivity contribution >= 4 is 11.4 Å². The summed E-state index contributed by atoms with van der Waals surface area (Å²) in [6.45, 7) is 4.00. The smallest absolute Gasteiger partial charge is 0.0715 e. The van der Waals surface area contributed by atoms with Gasteiger partial charge in [-0.2, -0.15) is 0 Å². The van der Waals surface area contributed by atoms with E-state index in [1.54, 1.807) is 0 Å². The minimum absolute atomic E-state index is 0.761. The lowest BCUT2D eigenvalue weighted by atomic mass is 9.96. The van der Waals surface area contributed by atoms with Crippen LogP contribution in [0.2, 0.25) is 0 Å². The fourth-order valence-corrected chi connectivity index (χ4v) is 4.84. The average molecular weight is 534 g/mol. The first-order valence-corrected chi connectivity index (χ1v) is 14.1. The lowest BCUT2D eigenvalue weighted by molar-refractivity contribution is 1.32. The van der Waals surface area contributed by atoms with Crippen molar-refractivity contribution in [3.8, 4) is 55.9 Å². The molecule has 0 unspecified atom stereocenters. The summed E-state index contributed by atoms with van der Waals surface area (Å²) in [7, 11) is 1.93. The van der Waals surface area contributed by atoms with Crippen molar-refractivity contribution in [2.24, 2.45) is 0 Å². The number of pyridine rings is 1.